The molecule has 0 fully saturated rings. The van der Waals surface area contributed by atoms with Crippen LogP contribution in [0, 0.1) is 0 Å². The van der Waals surface area contributed by atoms with Crippen molar-refractivity contribution in [2.45, 2.75) is 51.3 Å². The van der Waals surface area contributed by atoms with E-state index in [9.17, 15) is 22.8 Å². The molecular weight excluding hydrogens is 405 g/mol. The van der Waals surface area contributed by atoms with Crippen molar-refractivity contribution in [1.82, 2.24) is 0 Å². The van der Waals surface area contributed by atoms with Crippen molar-refractivity contribution in [3.63, 3.8) is 0 Å². The molecule has 0 amide bonds. The first-order valence-corrected chi connectivity index (χ1v) is 9.78. The van der Waals surface area contributed by atoms with E-state index in [0.29, 0.717) is 18.4 Å². The van der Waals surface area contributed by atoms with Crippen LogP contribution >= 0.6 is 11.6 Å². The molecule has 2 aromatic rings. The second kappa shape index (κ2) is 10.4. The maximum absolute atomic E-state index is 13.2. The number of rotatable bonds is 9. The third-order valence-electron chi connectivity index (χ3n) is 4.50. The third-order valence-corrected chi connectivity index (χ3v) is 4.72. The molecule has 0 heterocycles. The Labute approximate surface area is 172 Å². The number of alkyl halides is 3. The van der Waals surface area contributed by atoms with Crippen LogP contribution in [-0.4, -0.2) is 23.5 Å². The first-order valence-electron chi connectivity index (χ1n) is 9.40. The number of benzene rings is 2. The number of ether oxygens (including phenoxy) is 1. The smallest absolute Gasteiger partial charge is 0.425 e. The standard InChI is InChI=1S/C22H22ClF3O3/c1-2-3-4-5-6-19(22(24,25)26)29-21(28)18-13-9-16(10-14-18)15-7-11-17(12-8-15)20(23)27/h7-14,19H,2-6H2,1H3. The molecule has 0 radical (unpaired) electrons. The van der Waals surface area contributed by atoms with E-state index in [2.05, 4.69) is 0 Å². The topological polar surface area (TPSA) is 43.4 Å². The summed E-state index contributed by atoms with van der Waals surface area (Å²) in [7, 11) is 0. The summed E-state index contributed by atoms with van der Waals surface area (Å²) in [6.45, 7) is 1.97. The van der Waals surface area contributed by atoms with Gasteiger partial charge in [-0.2, -0.15) is 13.2 Å². The molecule has 0 aliphatic carbocycles. The fraction of sp³-hybridized carbons (Fsp3) is 0.364. The summed E-state index contributed by atoms with van der Waals surface area (Å²) in [5.74, 6) is -1.00. The summed E-state index contributed by atoms with van der Waals surface area (Å²) in [6, 6.07) is 12.6. The number of halogens is 4. The van der Waals surface area contributed by atoms with Crippen molar-refractivity contribution in [3.05, 3.63) is 59.7 Å². The molecule has 0 aromatic heterocycles. The van der Waals surface area contributed by atoms with Gasteiger partial charge in [-0.05, 0) is 59.8 Å². The van der Waals surface area contributed by atoms with Crippen molar-refractivity contribution in [1.29, 1.82) is 0 Å². The molecule has 0 N–H and O–H groups in total. The van der Waals surface area contributed by atoms with Crippen LogP contribution in [0.15, 0.2) is 48.5 Å². The number of hydrogen-bond acceptors (Lipinski definition) is 3. The zero-order chi connectivity index (χ0) is 21.4. The lowest BCUT2D eigenvalue weighted by Gasteiger charge is -2.20. The van der Waals surface area contributed by atoms with E-state index >= 15 is 0 Å². The van der Waals surface area contributed by atoms with Crippen LogP contribution in [0.2, 0.25) is 0 Å². The second-order valence-electron chi connectivity index (χ2n) is 6.71. The van der Waals surface area contributed by atoms with Gasteiger partial charge in [-0.25, -0.2) is 4.79 Å². The van der Waals surface area contributed by atoms with Crippen LogP contribution in [0.3, 0.4) is 0 Å². The van der Waals surface area contributed by atoms with Crippen LogP contribution in [0.5, 0.6) is 0 Å². The molecule has 3 nitrogen and oxygen atoms in total. The summed E-state index contributed by atoms with van der Waals surface area (Å²) in [5.41, 5.74) is 1.91. The number of esters is 1. The van der Waals surface area contributed by atoms with Crippen molar-refractivity contribution >= 4 is 22.8 Å². The molecule has 1 atom stereocenters. The number of unbranched alkanes of at least 4 members (excludes halogenated alkanes) is 3. The molecule has 0 aliphatic rings. The maximum Gasteiger partial charge on any atom is 0.425 e. The summed E-state index contributed by atoms with van der Waals surface area (Å²) in [4.78, 5) is 23.3. The molecule has 7 heteroatoms. The van der Waals surface area contributed by atoms with Crippen LogP contribution in [0.25, 0.3) is 11.1 Å². The van der Waals surface area contributed by atoms with Crippen molar-refractivity contribution in [3.8, 4) is 11.1 Å². The first-order chi connectivity index (χ1) is 13.7. The summed E-state index contributed by atoms with van der Waals surface area (Å²) in [6.07, 6.45) is -4.16. The van der Waals surface area contributed by atoms with Crippen LogP contribution in [0.4, 0.5) is 13.2 Å². The van der Waals surface area contributed by atoms with Gasteiger partial charge in [-0.15, -0.1) is 0 Å². The largest absolute Gasteiger partial charge is 0.449 e. The van der Waals surface area contributed by atoms with E-state index in [1.165, 1.54) is 12.1 Å². The lowest BCUT2D eigenvalue weighted by molar-refractivity contribution is -0.206. The molecule has 156 valence electrons. The Balaban J connectivity index is 2.05. The summed E-state index contributed by atoms with van der Waals surface area (Å²) < 4.78 is 44.3. The van der Waals surface area contributed by atoms with E-state index in [0.717, 1.165) is 24.0 Å². The average molecular weight is 427 g/mol. The highest BCUT2D eigenvalue weighted by Gasteiger charge is 2.42. The molecule has 0 bridgehead atoms. The Kier molecular flexibility index (Phi) is 8.26. The van der Waals surface area contributed by atoms with Crippen LogP contribution in [-0.2, 0) is 4.74 Å². The quantitative estimate of drug-likeness (QED) is 0.252. The van der Waals surface area contributed by atoms with E-state index in [-0.39, 0.29) is 12.0 Å². The number of carbonyl (C=O) groups is 2. The summed E-state index contributed by atoms with van der Waals surface area (Å²) in [5, 5.41) is -0.566. The molecule has 2 aromatic carbocycles. The first kappa shape index (κ1) is 22.9. The van der Waals surface area contributed by atoms with Crippen molar-refractivity contribution < 1.29 is 27.5 Å². The van der Waals surface area contributed by atoms with Gasteiger partial charge < -0.3 is 4.74 Å². The fourth-order valence-electron chi connectivity index (χ4n) is 2.84. The van der Waals surface area contributed by atoms with Gasteiger partial charge in [-0.3, -0.25) is 4.79 Å². The van der Waals surface area contributed by atoms with Crippen molar-refractivity contribution in [2.24, 2.45) is 0 Å². The van der Waals surface area contributed by atoms with Gasteiger partial charge in [0.1, 0.15) is 0 Å². The molecule has 0 aliphatic heterocycles. The molecule has 1 unspecified atom stereocenters. The van der Waals surface area contributed by atoms with Gasteiger partial charge >= 0.3 is 12.1 Å². The molecule has 0 saturated heterocycles. The predicted molar refractivity (Wildman–Crippen MR) is 106 cm³/mol. The SMILES string of the molecule is CCCCCCC(OC(=O)c1ccc(-c2ccc(C(=O)Cl)cc2)cc1)C(F)(F)F. The van der Waals surface area contributed by atoms with Gasteiger partial charge in [0.2, 0.25) is 0 Å². The highest BCUT2D eigenvalue weighted by Crippen LogP contribution is 2.28. The fourth-order valence-corrected chi connectivity index (χ4v) is 2.96. The zero-order valence-corrected chi connectivity index (χ0v) is 16.7. The van der Waals surface area contributed by atoms with Gasteiger partial charge in [0.15, 0.2) is 6.10 Å². The molecular formula is C22H22ClF3O3. The number of carbonyl (C=O) groups excluding carboxylic acids is 2. The minimum absolute atomic E-state index is 0.0455. The molecule has 2 rings (SSSR count). The Hall–Kier alpha value is -2.34. The summed E-state index contributed by atoms with van der Waals surface area (Å²) >= 11 is 5.41. The van der Waals surface area contributed by atoms with E-state index < -0.39 is 23.5 Å². The minimum atomic E-state index is -4.59. The Bertz CT molecular complexity index is 815. The third kappa shape index (κ3) is 6.89. The number of hydrogen-bond donors (Lipinski definition) is 0. The molecule has 0 spiro atoms. The van der Waals surface area contributed by atoms with Gasteiger partial charge in [0, 0.05) is 5.56 Å². The normalized spacial score (nSPS) is 12.4. The highest BCUT2D eigenvalue weighted by molar-refractivity contribution is 6.67. The van der Waals surface area contributed by atoms with Crippen LogP contribution < -0.4 is 0 Å². The van der Waals surface area contributed by atoms with Crippen molar-refractivity contribution in [2.75, 3.05) is 0 Å². The Morgan fingerprint density at radius 3 is 1.86 bits per heavy atom. The van der Waals surface area contributed by atoms with Gasteiger partial charge in [0.05, 0.1) is 5.56 Å². The van der Waals surface area contributed by atoms with E-state index in [1.54, 1.807) is 36.4 Å². The zero-order valence-electron chi connectivity index (χ0n) is 16.0. The van der Waals surface area contributed by atoms with Gasteiger partial charge in [0.25, 0.3) is 5.24 Å². The minimum Gasteiger partial charge on any atom is -0.449 e. The Morgan fingerprint density at radius 1 is 0.897 bits per heavy atom. The molecule has 0 saturated carbocycles. The maximum atomic E-state index is 13.2. The second-order valence-corrected chi connectivity index (χ2v) is 7.06. The Morgan fingerprint density at radius 2 is 1.41 bits per heavy atom. The molecule has 29 heavy (non-hydrogen) atoms. The lowest BCUT2D eigenvalue weighted by Crippen LogP contribution is -2.33. The monoisotopic (exact) mass is 426 g/mol. The van der Waals surface area contributed by atoms with Gasteiger partial charge in [-0.1, -0.05) is 50.5 Å². The average Bonchev–Trinajstić information content (AvgIpc) is 2.69. The van der Waals surface area contributed by atoms with E-state index in [1.807, 2.05) is 6.92 Å². The van der Waals surface area contributed by atoms with E-state index in [4.69, 9.17) is 16.3 Å². The lowest BCUT2D eigenvalue weighted by atomic mass is 10.0. The predicted octanol–water partition coefficient (Wildman–Crippen LogP) is 6.79. The highest BCUT2D eigenvalue weighted by atomic mass is 35.5. The van der Waals surface area contributed by atoms with Crippen LogP contribution in [0.1, 0.15) is 59.7 Å².